The van der Waals surface area contributed by atoms with E-state index in [4.69, 9.17) is 5.48 Å². The summed E-state index contributed by atoms with van der Waals surface area (Å²) in [4.78, 5) is 21.9. The second-order valence-electron chi connectivity index (χ2n) is 7.67. The Hall–Kier alpha value is -4.39. The third-order valence-electron chi connectivity index (χ3n) is 5.39. The molecule has 0 spiro atoms. The number of nitrogens with one attached hydrogen (secondary N) is 1. The number of anilines is 1. The van der Waals surface area contributed by atoms with Gasteiger partial charge in [-0.3, -0.25) is 14.2 Å². The fraction of sp³-hybridized carbons (Fsp3) is 0.0741. The molecule has 7 heteroatoms. The standard InChI is InChI=1S/C27H20F2N4O/c1-16-6-3-7-19(12-16)32-27(34)22-13-18(14-30-17(22)2)20-9-5-11-33-24(20)15-31-26(33)21-8-4-10-23(28)25(21)29/h3-15H,1-2H3,(H,32,34)/i3D,6D,7D,12D. The summed E-state index contributed by atoms with van der Waals surface area (Å²) < 4.78 is 62.1. The molecule has 1 amide bonds. The largest absolute Gasteiger partial charge is 0.322 e. The average Bonchev–Trinajstić information content (AvgIpc) is 3.35. The molecular formula is C27H20F2N4O. The van der Waals surface area contributed by atoms with Gasteiger partial charge in [0.15, 0.2) is 11.6 Å². The molecule has 0 unspecified atom stereocenters. The number of imidazole rings is 1. The number of fused-ring (bicyclic) bond motifs is 1. The number of benzene rings is 2. The molecule has 3 heterocycles. The van der Waals surface area contributed by atoms with Crippen molar-refractivity contribution in [2.75, 3.05) is 5.32 Å². The molecule has 0 radical (unpaired) electrons. The molecule has 0 fully saturated rings. The number of hydrogen-bond donors (Lipinski definition) is 1. The molecule has 2 aromatic carbocycles. The summed E-state index contributed by atoms with van der Waals surface area (Å²) >= 11 is 0. The highest BCUT2D eigenvalue weighted by Crippen LogP contribution is 2.30. The van der Waals surface area contributed by atoms with Gasteiger partial charge in [0, 0.05) is 29.2 Å². The highest BCUT2D eigenvalue weighted by atomic mass is 19.2. The van der Waals surface area contributed by atoms with E-state index in [0.717, 1.165) is 6.07 Å². The van der Waals surface area contributed by atoms with Gasteiger partial charge in [-0.25, -0.2) is 13.8 Å². The average molecular weight is 459 g/mol. The highest BCUT2D eigenvalue weighted by Gasteiger charge is 2.18. The number of aromatic nitrogens is 3. The van der Waals surface area contributed by atoms with Gasteiger partial charge in [-0.1, -0.05) is 24.2 Å². The van der Waals surface area contributed by atoms with Crippen molar-refractivity contribution in [2.45, 2.75) is 13.8 Å². The van der Waals surface area contributed by atoms with Gasteiger partial charge in [-0.15, -0.1) is 0 Å². The van der Waals surface area contributed by atoms with Crippen LogP contribution in [0.2, 0.25) is 0 Å². The number of rotatable bonds is 4. The summed E-state index contributed by atoms with van der Waals surface area (Å²) in [6.45, 7) is 3.13. The smallest absolute Gasteiger partial charge is 0.257 e. The molecule has 0 saturated heterocycles. The zero-order valence-corrected chi connectivity index (χ0v) is 18.2. The Morgan fingerprint density at radius 1 is 1.06 bits per heavy atom. The first-order chi connectivity index (χ1) is 18.1. The van der Waals surface area contributed by atoms with E-state index in [0.29, 0.717) is 22.3 Å². The quantitative estimate of drug-likeness (QED) is 0.348. The van der Waals surface area contributed by atoms with Crippen molar-refractivity contribution in [3.63, 3.8) is 0 Å². The van der Waals surface area contributed by atoms with Gasteiger partial charge in [0.05, 0.1) is 34.0 Å². The lowest BCUT2D eigenvalue weighted by Gasteiger charge is -2.11. The number of aryl methyl sites for hydroxylation is 1. The van der Waals surface area contributed by atoms with Gasteiger partial charge in [-0.2, -0.15) is 0 Å². The van der Waals surface area contributed by atoms with E-state index in [1.807, 2.05) is 0 Å². The van der Waals surface area contributed by atoms with E-state index in [1.54, 1.807) is 41.9 Å². The Kier molecular flexibility index (Phi) is 4.29. The fourth-order valence-electron chi connectivity index (χ4n) is 3.73. The first-order valence-corrected chi connectivity index (χ1v) is 10.4. The number of halogens is 2. The minimum Gasteiger partial charge on any atom is -0.322 e. The molecule has 0 aliphatic rings. The minimum absolute atomic E-state index is 0.00407. The van der Waals surface area contributed by atoms with Crippen molar-refractivity contribution in [2.24, 2.45) is 0 Å². The molecule has 168 valence electrons. The highest BCUT2D eigenvalue weighted by molar-refractivity contribution is 6.06. The molecule has 0 saturated carbocycles. The van der Waals surface area contributed by atoms with Gasteiger partial charge in [-0.05, 0) is 55.8 Å². The van der Waals surface area contributed by atoms with Crippen LogP contribution >= 0.6 is 0 Å². The third-order valence-corrected chi connectivity index (χ3v) is 5.39. The van der Waals surface area contributed by atoms with Crippen LogP contribution in [0, 0.1) is 25.5 Å². The summed E-state index contributed by atoms with van der Waals surface area (Å²) in [5.41, 5.74) is 2.37. The van der Waals surface area contributed by atoms with E-state index in [1.165, 1.54) is 25.3 Å². The van der Waals surface area contributed by atoms with Crippen molar-refractivity contribution in [3.8, 4) is 22.5 Å². The van der Waals surface area contributed by atoms with E-state index >= 15 is 0 Å². The van der Waals surface area contributed by atoms with Gasteiger partial charge in [0.1, 0.15) is 5.82 Å². The maximum atomic E-state index is 14.5. The second-order valence-corrected chi connectivity index (χ2v) is 7.67. The van der Waals surface area contributed by atoms with E-state index in [-0.39, 0.29) is 46.3 Å². The van der Waals surface area contributed by atoms with Crippen molar-refractivity contribution < 1.29 is 19.1 Å². The predicted octanol–water partition coefficient (Wildman–Crippen LogP) is 6.21. The van der Waals surface area contributed by atoms with Gasteiger partial charge in [0.25, 0.3) is 5.91 Å². The SMILES string of the molecule is [2H]c1c([2H])c(C)c([2H])c(NC(=O)c2cc(-c3cccn4c(-c5cccc(F)c5F)ncc34)cnc2C)c1[2H]. The van der Waals surface area contributed by atoms with Gasteiger partial charge >= 0.3 is 0 Å². The Morgan fingerprint density at radius 2 is 1.88 bits per heavy atom. The predicted molar refractivity (Wildman–Crippen MR) is 128 cm³/mol. The fourth-order valence-corrected chi connectivity index (χ4v) is 3.73. The summed E-state index contributed by atoms with van der Waals surface area (Å²) in [6.07, 6.45) is 4.76. The van der Waals surface area contributed by atoms with Crippen LogP contribution in [0.5, 0.6) is 0 Å². The van der Waals surface area contributed by atoms with E-state index in [2.05, 4.69) is 15.3 Å². The molecule has 0 aliphatic heterocycles. The lowest BCUT2D eigenvalue weighted by molar-refractivity contribution is 0.102. The molecule has 0 aliphatic carbocycles. The van der Waals surface area contributed by atoms with Crippen LogP contribution in [0.3, 0.4) is 0 Å². The first kappa shape index (κ1) is 17.1. The molecule has 3 aromatic heterocycles. The van der Waals surface area contributed by atoms with E-state index in [9.17, 15) is 13.6 Å². The molecule has 5 aromatic rings. The maximum Gasteiger partial charge on any atom is 0.257 e. The monoisotopic (exact) mass is 458 g/mol. The number of hydrogen-bond acceptors (Lipinski definition) is 3. The van der Waals surface area contributed by atoms with Gasteiger partial charge < -0.3 is 5.32 Å². The Labute approximate surface area is 200 Å². The summed E-state index contributed by atoms with van der Waals surface area (Å²) in [6, 6.07) is 7.74. The lowest BCUT2D eigenvalue weighted by Crippen LogP contribution is -2.14. The van der Waals surface area contributed by atoms with Crippen LogP contribution in [0.1, 0.15) is 27.1 Å². The Bertz CT molecular complexity index is 1740. The summed E-state index contributed by atoms with van der Waals surface area (Å²) in [5.74, 6) is -2.40. The lowest BCUT2D eigenvalue weighted by atomic mass is 10.0. The van der Waals surface area contributed by atoms with Crippen LogP contribution < -0.4 is 5.32 Å². The summed E-state index contributed by atoms with van der Waals surface area (Å²) in [5, 5.41) is 2.55. The van der Waals surface area contributed by atoms with Crippen LogP contribution in [0.25, 0.3) is 28.0 Å². The number of carbonyl (C=O) groups is 1. The third kappa shape index (κ3) is 3.81. The number of pyridine rings is 2. The Balaban J connectivity index is 1.57. The molecule has 34 heavy (non-hydrogen) atoms. The van der Waals surface area contributed by atoms with Gasteiger partial charge in [0.2, 0.25) is 0 Å². The van der Waals surface area contributed by atoms with Crippen LogP contribution in [0.15, 0.2) is 79.2 Å². The number of amides is 1. The van der Waals surface area contributed by atoms with Crippen molar-refractivity contribution in [1.82, 2.24) is 14.4 Å². The topological polar surface area (TPSA) is 59.3 Å². The first-order valence-electron chi connectivity index (χ1n) is 12.4. The van der Waals surface area contributed by atoms with Crippen LogP contribution in [0.4, 0.5) is 14.5 Å². The zero-order valence-electron chi connectivity index (χ0n) is 22.2. The normalized spacial score (nSPS) is 12.7. The van der Waals surface area contributed by atoms with Crippen molar-refractivity contribution in [1.29, 1.82) is 0 Å². The number of carbonyl (C=O) groups excluding carboxylic acids is 1. The zero-order chi connectivity index (χ0) is 27.3. The molecule has 1 N–H and O–H groups in total. The van der Waals surface area contributed by atoms with Crippen molar-refractivity contribution in [3.05, 3.63) is 108 Å². The molecule has 5 nitrogen and oxygen atoms in total. The maximum absolute atomic E-state index is 14.5. The van der Waals surface area contributed by atoms with Crippen LogP contribution in [-0.2, 0) is 0 Å². The summed E-state index contributed by atoms with van der Waals surface area (Å²) in [7, 11) is 0. The molecular weight excluding hydrogens is 434 g/mol. The molecule has 5 rings (SSSR count). The van der Waals surface area contributed by atoms with Crippen LogP contribution in [-0.4, -0.2) is 20.3 Å². The number of nitrogens with zero attached hydrogens (tertiary/aromatic N) is 3. The Morgan fingerprint density at radius 3 is 2.74 bits per heavy atom. The molecule has 0 bridgehead atoms. The minimum atomic E-state index is -1.01. The van der Waals surface area contributed by atoms with E-state index < -0.39 is 23.6 Å². The second kappa shape index (κ2) is 8.51. The van der Waals surface area contributed by atoms with Crippen molar-refractivity contribution >= 4 is 17.1 Å². The molecule has 0 atom stereocenters.